The first-order valence-electron chi connectivity index (χ1n) is 7.90. The molecule has 3 rings (SSSR count). The Labute approximate surface area is 145 Å². The first-order chi connectivity index (χ1) is 12.2. The van der Waals surface area contributed by atoms with Crippen LogP contribution in [0.2, 0.25) is 0 Å². The first-order valence-corrected chi connectivity index (χ1v) is 7.90. The SMILES string of the molecule is Fc1ccc(COc2cc(F)ccc2CNNc2ccccc2)cc1. The number of hydrogen-bond donors (Lipinski definition) is 2. The van der Waals surface area contributed by atoms with Crippen LogP contribution < -0.4 is 15.6 Å². The van der Waals surface area contributed by atoms with E-state index in [1.807, 2.05) is 30.3 Å². The highest BCUT2D eigenvalue weighted by atomic mass is 19.1. The zero-order chi connectivity index (χ0) is 17.5. The van der Waals surface area contributed by atoms with E-state index in [2.05, 4.69) is 10.9 Å². The van der Waals surface area contributed by atoms with E-state index >= 15 is 0 Å². The normalized spacial score (nSPS) is 10.5. The van der Waals surface area contributed by atoms with Gasteiger partial charge in [0, 0.05) is 23.9 Å². The zero-order valence-electron chi connectivity index (χ0n) is 13.5. The quantitative estimate of drug-likeness (QED) is 0.614. The predicted molar refractivity (Wildman–Crippen MR) is 94.0 cm³/mol. The van der Waals surface area contributed by atoms with E-state index in [0.29, 0.717) is 12.3 Å². The third-order valence-corrected chi connectivity index (χ3v) is 3.62. The van der Waals surface area contributed by atoms with Crippen molar-refractivity contribution in [3.05, 3.63) is 95.6 Å². The molecule has 0 spiro atoms. The lowest BCUT2D eigenvalue weighted by Crippen LogP contribution is -2.21. The van der Waals surface area contributed by atoms with Crippen molar-refractivity contribution < 1.29 is 13.5 Å². The maximum absolute atomic E-state index is 13.5. The van der Waals surface area contributed by atoms with Crippen molar-refractivity contribution in [3.63, 3.8) is 0 Å². The van der Waals surface area contributed by atoms with E-state index in [9.17, 15) is 8.78 Å². The molecule has 3 nitrogen and oxygen atoms in total. The molecule has 3 aromatic rings. The van der Waals surface area contributed by atoms with Crippen LogP contribution in [0.25, 0.3) is 0 Å². The van der Waals surface area contributed by atoms with E-state index in [-0.39, 0.29) is 18.2 Å². The number of benzene rings is 3. The Bertz CT molecular complexity index is 808. The Balaban J connectivity index is 1.62. The molecule has 0 amide bonds. The van der Waals surface area contributed by atoms with Crippen LogP contribution in [0.5, 0.6) is 5.75 Å². The molecule has 0 bridgehead atoms. The Morgan fingerprint density at radius 2 is 1.52 bits per heavy atom. The fourth-order valence-corrected chi connectivity index (χ4v) is 2.31. The molecule has 0 atom stereocenters. The summed E-state index contributed by atoms with van der Waals surface area (Å²) in [6, 6.07) is 20.1. The van der Waals surface area contributed by atoms with Crippen LogP contribution >= 0.6 is 0 Å². The van der Waals surface area contributed by atoms with Crippen LogP contribution in [0.15, 0.2) is 72.8 Å². The van der Waals surface area contributed by atoms with Crippen molar-refractivity contribution in [2.45, 2.75) is 13.2 Å². The van der Waals surface area contributed by atoms with Gasteiger partial charge in [0.1, 0.15) is 24.0 Å². The van der Waals surface area contributed by atoms with Gasteiger partial charge in [-0.25, -0.2) is 14.2 Å². The smallest absolute Gasteiger partial charge is 0.127 e. The molecule has 2 N–H and O–H groups in total. The van der Waals surface area contributed by atoms with Gasteiger partial charge < -0.3 is 10.2 Å². The fraction of sp³-hybridized carbons (Fsp3) is 0.100. The Hall–Kier alpha value is -2.92. The van der Waals surface area contributed by atoms with Crippen LogP contribution in [-0.2, 0) is 13.2 Å². The minimum Gasteiger partial charge on any atom is -0.488 e. The average Bonchev–Trinajstić information content (AvgIpc) is 2.64. The maximum Gasteiger partial charge on any atom is 0.127 e. The van der Waals surface area contributed by atoms with Crippen molar-refractivity contribution in [2.75, 3.05) is 5.43 Å². The Morgan fingerprint density at radius 1 is 0.800 bits per heavy atom. The molecular weight excluding hydrogens is 322 g/mol. The molecule has 0 aliphatic carbocycles. The molecule has 0 aromatic heterocycles. The van der Waals surface area contributed by atoms with Gasteiger partial charge in [0.05, 0.1) is 0 Å². The maximum atomic E-state index is 13.5. The van der Waals surface area contributed by atoms with Crippen molar-refractivity contribution in [1.29, 1.82) is 0 Å². The lowest BCUT2D eigenvalue weighted by Gasteiger charge is -2.14. The minimum atomic E-state index is -0.367. The molecule has 0 saturated carbocycles. The second-order valence-corrected chi connectivity index (χ2v) is 5.51. The topological polar surface area (TPSA) is 33.3 Å². The van der Waals surface area contributed by atoms with Gasteiger partial charge in [-0.15, -0.1) is 0 Å². The van der Waals surface area contributed by atoms with E-state index in [1.54, 1.807) is 18.2 Å². The zero-order valence-corrected chi connectivity index (χ0v) is 13.5. The van der Waals surface area contributed by atoms with Crippen molar-refractivity contribution in [2.24, 2.45) is 0 Å². The van der Waals surface area contributed by atoms with Gasteiger partial charge >= 0.3 is 0 Å². The highest BCUT2D eigenvalue weighted by molar-refractivity contribution is 5.41. The van der Waals surface area contributed by atoms with Crippen molar-refractivity contribution in [1.82, 2.24) is 5.43 Å². The van der Waals surface area contributed by atoms with Crippen LogP contribution in [0.3, 0.4) is 0 Å². The number of rotatable bonds is 7. The molecule has 0 fully saturated rings. The average molecular weight is 340 g/mol. The molecule has 25 heavy (non-hydrogen) atoms. The van der Waals surface area contributed by atoms with E-state index in [4.69, 9.17) is 4.74 Å². The highest BCUT2D eigenvalue weighted by Crippen LogP contribution is 2.21. The molecule has 0 aliphatic rings. The van der Waals surface area contributed by atoms with Crippen LogP contribution in [0.1, 0.15) is 11.1 Å². The molecule has 0 heterocycles. The van der Waals surface area contributed by atoms with E-state index in [0.717, 1.165) is 16.8 Å². The summed E-state index contributed by atoms with van der Waals surface area (Å²) in [5.74, 6) is -0.216. The molecular formula is C20H18F2N2O. The van der Waals surface area contributed by atoms with E-state index in [1.165, 1.54) is 24.3 Å². The summed E-state index contributed by atoms with van der Waals surface area (Å²) >= 11 is 0. The second-order valence-electron chi connectivity index (χ2n) is 5.51. The van der Waals surface area contributed by atoms with Gasteiger partial charge in [-0.3, -0.25) is 0 Å². The van der Waals surface area contributed by atoms with Crippen molar-refractivity contribution >= 4 is 5.69 Å². The Kier molecular flexibility index (Phi) is 5.59. The number of hydrazine groups is 1. The van der Waals surface area contributed by atoms with Crippen LogP contribution in [0, 0.1) is 11.6 Å². The second kappa shape index (κ2) is 8.26. The third kappa shape index (κ3) is 5.02. The number of hydrogen-bond acceptors (Lipinski definition) is 3. The van der Waals surface area contributed by atoms with E-state index < -0.39 is 0 Å². The van der Waals surface area contributed by atoms with Crippen LogP contribution in [-0.4, -0.2) is 0 Å². The van der Waals surface area contributed by atoms with Gasteiger partial charge in [-0.1, -0.05) is 36.4 Å². The van der Waals surface area contributed by atoms with Gasteiger partial charge in [-0.05, 0) is 35.9 Å². The molecule has 0 saturated heterocycles. The van der Waals surface area contributed by atoms with Gasteiger partial charge in [-0.2, -0.15) is 0 Å². The van der Waals surface area contributed by atoms with Crippen LogP contribution in [0.4, 0.5) is 14.5 Å². The van der Waals surface area contributed by atoms with Gasteiger partial charge in [0.15, 0.2) is 0 Å². The monoisotopic (exact) mass is 340 g/mol. The molecule has 3 aromatic carbocycles. The summed E-state index contributed by atoms with van der Waals surface area (Å²) in [7, 11) is 0. The molecule has 0 aliphatic heterocycles. The summed E-state index contributed by atoms with van der Waals surface area (Å²) in [6.07, 6.45) is 0. The number of anilines is 1. The molecule has 0 unspecified atom stereocenters. The highest BCUT2D eigenvalue weighted by Gasteiger charge is 2.06. The number of para-hydroxylation sites is 1. The lowest BCUT2D eigenvalue weighted by atomic mass is 10.2. The summed E-state index contributed by atoms with van der Waals surface area (Å²) in [6.45, 7) is 0.691. The molecule has 128 valence electrons. The summed E-state index contributed by atoms with van der Waals surface area (Å²) in [5.41, 5.74) is 8.71. The minimum absolute atomic E-state index is 0.239. The number of halogens is 2. The third-order valence-electron chi connectivity index (χ3n) is 3.62. The lowest BCUT2D eigenvalue weighted by molar-refractivity contribution is 0.300. The largest absolute Gasteiger partial charge is 0.488 e. The summed E-state index contributed by atoms with van der Waals surface area (Å²) in [4.78, 5) is 0. The number of ether oxygens (including phenoxy) is 1. The van der Waals surface area contributed by atoms with Gasteiger partial charge in [0.2, 0.25) is 0 Å². The summed E-state index contributed by atoms with van der Waals surface area (Å²) in [5, 5.41) is 0. The molecule has 5 heteroatoms. The number of nitrogens with one attached hydrogen (secondary N) is 2. The Morgan fingerprint density at radius 3 is 2.28 bits per heavy atom. The van der Waals surface area contributed by atoms with Gasteiger partial charge in [0.25, 0.3) is 0 Å². The first kappa shape index (κ1) is 16.9. The predicted octanol–water partition coefficient (Wildman–Crippen LogP) is 4.66. The molecule has 0 radical (unpaired) electrons. The van der Waals surface area contributed by atoms with Crippen molar-refractivity contribution in [3.8, 4) is 5.75 Å². The fourth-order valence-electron chi connectivity index (χ4n) is 2.31. The summed E-state index contributed by atoms with van der Waals surface area (Å²) < 4.78 is 32.2. The standard InChI is InChI=1S/C20H18F2N2O/c21-17-9-6-15(7-10-17)14-25-20-12-18(22)11-8-16(20)13-23-24-19-4-2-1-3-5-19/h1-12,23-24H,13-14H2.